The van der Waals surface area contributed by atoms with Crippen LogP contribution < -0.4 is 10.2 Å². The van der Waals surface area contributed by atoms with Crippen LogP contribution >= 0.6 is 0 Å². The third-order valence-corrected chi connectivity index (χ3v) is 3.53. The Morgan fingerprint density at radius 3 is 2.60 bits per heavy atom. The van der Waals surface area contributed by atoms with Crippen molar-refractivity contribution in [3.8, 4) is 0 Å². The number of carbonyl (C=O) groups is 1. The maximum absolute atomic E-state index is 12.1. The zero-order chi connectivity index (χ0) is 15.2. The van der Waals surface area contributed by atoms with E-state index in [2.05, 4.69) is 42.3 Å². The zero-order valence-corrected chi connectivity index (χ0v) is 13.2. The second-order valence-electron chi connectivity index (χ2n) is 5.16. The van der Waals surface area contributed by atoms with Crippen molar-refractivity contribution in [1.82, 2.24) is 5.32 Å². The highest BCUT2D eigenvalue weighted by Gasteiger charge is 2.35. The Bertz CT molecular complexity index is 448. The summed E-state index contributed by atoms with van der Waals surface area (Å²) in [5, 5.41) is 3.10. The predicted octanol–water partition coefficient (Wildman–Crippen LogP) is 2.36. The molecule has 112 valence electrons. The van der Waals surface area contributed by atoms with Gasteiger partial charge in [0.15, 0.2) is 0 Å². The first-order chi connectivity index (χ1) is 9.46. The third kappa shape index (κ3) is 3.97. The number of benzene rings is 1. The van der Waals surface area contributed by atoms with E-state index >= 15 is 0 Å². The number of carbonyl (C=O) groups excluding carboxylic acids is 1. The van der Waals surface area contributed by atoms with Gasteiger partial charge >= 0.3 is 5.97 Å². The molecule has 0 heterocycles. The molecule has 1 atom stereocenters. The van der Waals surface area contributed by atoms with Crippen molar-refractivity contribution in [3.05, 3.63) is 29.8 Å². The number of nitrogens with zero attached hydrogens (tertiary/aromatic N) is 1. The molecule has 0 radical (unpaired) electrons. The van der Waals surface area contributed by atoms with Crippen molar-refractivity contribution in [2.45, 2.75) is 33.2 Å². The minimum atomic E-state index is -0.713. The Morgan fingerprint density at radius 1 is 1.40 bits per heavy atom. The highest BCUT2D eigenvalue weighted by Crippen LogP contribution is 2.19. The predicted molar refractivity (Wildman–Crippen MR) is 83.2 cm³/mol. The molecule has 1 unspecified atom stereocenters. The molecule has 0 fully saturated rings. The lowest BCUT2D eigenvalue weighted by Crippen LogP contribution is -2.56. The lowest BCUT2D eigenvalue weighted by molar-refractivity contribution is -0.149. The van der Waals surface area contributed by atoms with Crippen molar-refractivity contribution >= 4 is 11.7 Å². The van der Waals surface area contributed by atoms with E-state index in [1.54, 1.807) is 7.05 Å². The molecule has 1 aromatic carbocycles. The van der Waals surface area contributed by atoms with Crippen molar-refractivity contribution < 1.29 is 9.53 Å². The Labute approximate surface area is 122 Å². The molecule has 0 amide bonds. The van der Waals surface area contributed by atoms with Gasteiger partial charge in [-0.25, -0.2) is 4.79 Å². The minimum absolute atomic E-state index is 0.214. The van der Waals surface area contributed by atoms with Gasteiger partial charge in [-0.05, 0) is 52.4 Å². The SMILES string of the molecule is CCOC(=O)C(C)(CN(CC)c1cccc(C)c1)NC. The van der Waals surface area contributed by atoms with Gasteiger partial charge in [-0.2, -0.15) is 0 Å². The van der Waals surface area contributed by atoms with E-state index in [1.165, 1.54) is 5.56 Å². The molecular weight excluding hydrogens is 252 g/mol. The number of rotatable bonds is 7. The molecule has 1 aromatic rings. The molecule has 0 aliphatic rings. The van der Waals surface area contributed by atoms with Crippen molar-refractivity contribution in [1.29, 1.82) is 0 Å². The van der Waals surface area contributed by atoms with E-state index in [0.717, 1.165) is 12.2 Å². The molecule has 0 saturated carbocycles. The number of aryl methyl sites for hydroxylation is 1. The van der Waals surface area contributed by atoms with Crippen LogP contribution in [0.5, 0.6) is 0 Å². The van der Waals surface area contributed by atoms with E-state index in [-0.39, 0.29) is 5.97 Å². The number of likely N-dealkylation sites (N-methyl/N-ethyl adjacent to an activating group) is 2. The fourth-order valence-electron chi connectivity index (χ4n) is 2.13. The fourth-order valence-corrected chi connectivity index (χ4v) is 2.13. The molecule has 4 heteroatoms. The molecule has 0 saturated heterocycles. The van der Waals surface area contributed by atoms with Gasteiger partial charge in [0.1, 0.15) is 5.54 Å². The van der Waals surface area contributed by atoms with Crippen molar-refractivity contribution in [2.24, 2.45) is 0 Å². The summed E-state index contributed by atoms with van der Waals surface area (Å²) in [6.07, 6.45) is 0. The molecule has 4 nitrogen and oxygen atoms in total. The lowest BCUT2D eigenvalue weighted by atomic mass is 10.0. The highest BCUT2D eigenvalue weighted by molar-refractivity contribution is 5.81. The normalized spacial score (nSPS) is 13.7. The standard InChI is InChI=1S/C16H26N2O2/c1-6-18(14-10-8-9-13(3)11-14)12-16(4,17-5)15(19)20-7-2/h8-11,17H,6-7,12H2,1-5H3. The van der Waals surface area contributed by atoms with Crippen LogP contribution in [0, 0.1) is 6.92 Å². The summed E-state index contributed by atoms with van der Waals surface area (Å²) in [7, 11) is 1.79. The van der Waals surface area contributed by atoms with Gasteiger partial charge in [0.25, 0.3) is 0 Å². The topological polar surface area (TPSA) is 41.6 Å². The van der Waals surface area contributed by atoms with Crippen LogP contribution in [0.4, 0.5) is 5.69 Å². The number of ether oxygens (including phenoxy) is 1. The van der Waals surface area contributed by atoms with Crippen molar-refractivity contribution in [2.75, 3.05) is 31.6 Å². The van der Waals surface area contributed by atoms with E-state index < -0.39 is 5.54 Å². The Kier molecular flexibility index (Phi) is 6.02. The molecule has 0 bridgehead atoms. The molecular formula is C16H26N2O2. The Hall–Kier alpha value is -1.55. The van der Waals surface area contributed by atoms with Gasteiger partial charge in [0.2, 0.25) is 0 Å². The van der Waals surface area contributed by atoms with Crippen LogP contribution in [-0.4, -0.2) is 38.3 Å². The van der Waals surface area contributed by atoms with Gasteiger partial charge in [0, 0.05) is 18.8 Å². The van der Waals surface area contributed by atoms with Gasteiger partial charge in [-0.3, -0.25) is 0 Å². The summed E-state index contributed by atoms with van der Waals surface area (Å²) >= 11 is 0. The average Bonchev–Trinajstić information content (AvgIpc) is 2.44. The number of esters is 1. The van der Waals surface area contributed by atoms with Crippen LogP contribution in [0.1, 0.15) is 26.3 Å². The van der Waals surface area contributed by atoms with E-state index in [0.29, 0.717) is 13.2 Å². The first-order valence-electron chi connectivity index (χ1n) is 7.14. The van der Waals surface area contributed by atoms with E-state index in [1.807, 2.05) is 19.9 Å². The monoisotopic (exact) mass is 278 g/mol. The first-order valence-corrected chi connectivity index (χ1v) is 7.14. The summed E-state index contributed by atoms with van der Waals surface area (Å²) in [5.41, 5.74) is 1.62. The van der Waals surface area contributed by atoms with Gasteiger partial charge in [-0.15, -0.1) is 0 Å². The van der Waals surface area contributed by atoms with E-state index in [4.69, 9.17) is 4.74 Å². The van der Waals surface area contributed by atoms with Crippen LogP contribution in [0.2, 0.25) is 0 Å². The van der Waals surface area contributed by atoms with Crippen LogP contribution in [0.3, 0.4) is 0 Å². The van der Waals surface area contributed by atoms with Crippen LogP contribution in [0.15, 0.2) is 24.3 Å². The maximum atomic E-state index is 12.1. The summed E-state index contributed by atoms with van der Waals surface area (Å²) in [4.78, 5) is 14.3. The summed E-state index contributed by atoms with van der Waals surface area (Å²) < 4.78 is 5.17. The third-order valence-electron chi connectivity index (χ3n) is 3.53. The second kappa shape index (κ2) is 7.29. The minimum Gasteiger partial charge on any atom is -0.465 e. The first kappa shape index (κ1) is 16.5. The van der Waals surface area contributed by atoms with Gasteiger partial charge in [0.05, 0.1) is 6.61 Å². The quantitative estimate of drug-likeness (QED) is 0.778. The Morgan fingerprint density at radius 2 is 2.10 bits per heavy atom. The molecule has 0 spiro atoms. The second-order valence-corrected chi connectivity index (χ2v) is 5.16. The molecule has 20 heavy (non-hydrogen) atoms. The zero-order valence-electron chi connectivity index (χ0n) is 13.2. The molecule has 0 aliphatic heterocycles. The number of anilines is 1. The van der Waals surface area contributed by atoms with Gasteiger partial charge < -0.3 is 15.0 Å². The number of hydrogen-bond donors (Lipinski definition) is 1. The van der Waals surface area contributed by atoms with Crippen LogP contribution in [-0.2, 0) is 9.53 Å². The summed E-state index contributed by atoms with van der Waals surface area (Å²) in [6.45, 7) is 9.66. The molecule has 0 aromatic heterocycles. The number of hydrogen-bond acceptors (Lipinski definition) is 4. The lowest BCUT2D eigenvalue weighted by Gasteiger charge is -2.34. The maximum Gasteiger partial charge on any atom is 0.327 e. The Balaban J connectivity index is 2.93. The highest BCUT2D eigenvalue weighted by atomic mass is 16.5. The van der Waals surface area contributed by atoms with E-state index in [9.17, 15) is 4.79 Å². The smallest absolute Gasteiger partial charge is 0.327 e. The fraction of sp³-hybridized carbons (Fsp3) is 0.562. The average molecular weight is 278 g/mol. The van der Waals surface area contributed by atoms with Gasteiger partial charge in [-0.1, -0.05) is 12.1 Å². The molecule has 0 aliphatic carbocycles. The van der Waals surface area contributed by atoms with Crippen LogP contribution in [0.25, 0.3) is 0 Å². The van der Waals surface area contributed by atoms with Crippen molar-refractivity contribution in [3.63, 3.8) is 0 Å². The largest absolute Gasteiger partial charge is 0.465 e. The summed E-state index contributed by atoms with van der Waals surface area (Å²) in [6, 6.07) is 8.30. The molecule has 1 N–H and O–H groups in total. The number of nitrogens with one attached hydrogen (secondary N) is 1. The summed E-state index contributed by atoms with van der Waals surface area (Å²) in [5.74, 6) is -0.214. The molecule has 1 rings (SSSR count).